The van der Waals surface area contributed by atoms with E-state index >= 15 is 0 Å². The third kappa shape index (κ3) is 7.38. The van der Waals surface area contributed by atoms with Gasteiger partial charge in [-0.05, 0) is 114 Å². The molecule has 0 radical (unpaired) electrons. The molecule has 0 saturated heterocycles. The number of alkyl halides is 3. The summed E-state index contributed by atoms with van der Waals surface area (Å²) in [5.41, 5.74) is 5.09. The Balaban J connectivity index is 1.39. The fourth-order valence-electron chi connectivity index (χ4n) is 9.44. The Bertz CT molecular complexity index is 2580. The van der Waals surface area contributed by atoms with Crippen LogP contribution in [0.2, 0.25) is 0 Å². The molecule has 0 spiro atoms. The number of ether oxygens (including phenoxy) is 5. The Morgan fingerprint density at radius 2 is 1.33 bits per heavy atom. The summed E-state index contributed by atoms with van der Waals surface area (Å²) in [5, 5.41) is 1.81. The summed E-state index contributed by atoms with van der Waals surface area (Å²) in [4.78, 5) is 0.929. The van der Waals surface area contributed by atoms with E-state index in [9.17, 15) is 13.2 Å². The topological polar surface area (TPSA) is 46.2 Å². The van der Waals surface area contributed by atoms with Gasteiger partial charge in [-0.3, -0.25) is 0 Å². The normalized spacial score (nSPS) is 16.1. The van der Waals surface area contributed by atoms with E-state index in [0.717, 1.165) is 128 Å². The molecule has 0 fully saturated rings. The summed E-state index contributed by atoms with van der Waals surface area (Å²) in [6.45, 7) is 7.19. The zero-order valence-corrected chi connectivity index (χ0v) is 36.3. The molecule has 2 aliphatic rings. The van der Waals surface area contributed by atoms with Gasteiger partial charge in [0.1, 0.15) is 17.2 Å². The highest BCUT2D eigenvalue weighted by Crippen LogP contribution is 2.62. The fraction of sp³-hybridized carbons (Fsp3) is 0.308. The first-order valence-corrected chi connectivity index (χ1v) is 21.9. The van der Waals surface area contributed by atoms with Gasteiger partial charge >= 0.3 is 6.18 Å². The molecule has 0 bridgehead atoms. The molecule has 0 N–H and O–H groups in total. The van der Waals surface area contributed by atoms with Crippen LogP contribution in [0.3, 0.4) is 0 Å². The molecule has 316 valence electrons. The van der Waals surface area contributed by atoms with Crippen molar-refractivity contribution in [1.82, 2.24) is 0 Å². The van der Waals surface area contributed by atoms with Crippen molar-refractivity contribution >= 4 is 28.6 Å². The SMILES string of the molecule is CCCCOc1ccc(C2(c3ccc(OC)cc3)C=Cc3c4c(c5cc(OC)c(OC)cc5c3O2)-c2ccc(Sc3ccccc3C(F)(F)F)cc2C4(CCC)CCC)cc1. The average Bonchev–Trinajstić information content (AvgIpc) is 3.55. The maximum atomic E-state index is 14.2. The second-order valence-corrected chi connectivity index (χ2v) is 16.9. The van der Waals surface area contributed by atoms with Gasteiger partial charge in [-0.25, -0.2) is 0 Å². The quantitative estimate of drug-likeness (QED) is 0.0960. The largest absolute Gasteiger partial charge is 0.497 e. The summed E-state index contributed by atoms with van der Waals surface area (Å²) in [5.74, 6) is 3.41. The number of fused-ring (bicyclic) bond motifs is 8. The number of hydrogen-bond acceptors (Lipinski definition) is 6. The first kappa shape index (κ1) is 42.2. The molecule has 1 aliphatic heterocycles. The Hall–Kier alpha value is -5.54. The predicted octanol–water partition coefficient (Wildman–Crippen LogP) is 14.4. The fourth-order valence-corrected chi connectivity index (χ4v) is 10.4. The highest BCUT2D eigenvalue weighted by Gasteiger charge is 2.48. The Morgan fingerprint density at radius 1 is 0.689 bits per heavy atom. The minimum Gasteiger partial charge on any atom is -0.497 e. The number of rotatable bonds is 15. The molecular weight excluding hydrogens is 794 g/mol. The number of methoxy groups -OCH3 is 3. The second kappa shape index (κ2) is 17.1. The molecule has 0 saturated carbocycles. The van der Waals surface area contributed by atoms with Crippen molar-refractivity contribution in [3.8, 4) is 39.9 Å². The number of unbranched alkanes of at least 4 members (excludes halogenated alkanes) is 1. The molecule has 5 nitrogen and oxygen atoms in total. The van der Waals surface area contributed by atoms with Crippen LogP contribution in [-0.2, 0) is 17.2 Å². The molecular formula is C52H51F3O5S. The van der Waals surface area contributed by atoms with Gasteiger partial charge in [-0.2, -0.15) is 13.2 Å². The van der Waals surface area contributed by atoms with Gasteiger partial charge in [0.25, 0.3) is 0 Å². The van der Waals surface area contributed by atoms with Crippen molar-refractivity contribution < 1.29 is 36.9 Å². The maximum absolute atomic E-state index is 14.2. The summed E-state index contributed by atoms with van der Waals surface area (Å²) >= 11 is 1.16. The van der Waals surface area contributed by atoms with Gasteiger partial charge in [0.15, 0.2) is 17.1 Å². The first-order chi connectivity index (χ1) is 29.5. The minimum absolute atomic E-state index is 0.175. The molecule has 1 unspecified atom stereocenters. The third-order valence-corrected chi connectivity index (χ3v) is 13.2. The molecule has 1 heterocycles. The lowest BCUT2D eigenvalue weighted by Crippen LogP contribution is -2.35. The van der Waals surface area contributed by atoms with Crippen molar-refractivity contribution in [3.63, 3.8) is 0 Å². The van der Waals surface area contributed by atoms with Crippen molar-refractivity contribution in [1.29, 1.82) is 0 Å². The molecule has 9 heteroatoms. The highest BCUT2D eigenvalue weighted by molar-refractivity contribution is 7.99. The lowest BCUT2D eigenvalue weighted by molar-refractivity contribution is -0.139. The lowest BCUT2D eigenvalue weighted by Gasteiger charge is -2.40. The Labute approximate surface area is 360 Å². The van der Waals surface area contributed by atoms with Crippen LogP contribution in [-0.4, -0.2) is 27.9 Å². The van der Waals surface area contributed by atoms with E-state index in [4.69, 9.17) is 23.7 Å². The third-order valence-electron chi connectivity index (χ3n) is 12.1. The Morgan fingerprint density at radius 3 is 1.93 bits per heavy atom. The van der Waals surface area contributed by atoms with Crippen molar-refractivity contribution in [2.75, 3.05) is 27.9 Å². The highest BCUT2D eigenvalue weighted by atomic mass is 32.2. The zero-order valence-electron chi connectivity index (χ0n) is 35.5. The van der Waals surface area contributed by atoms with E-state index < -0.39 is 22.8 Å². The maximum Gasteiger partial charge on any atom is 0.417 e. The van der Waals surface area contributed by atoms with Crippen molar-refractivity contribution in [2.24, 2.45) is 0 Å². The standard InChI is InChI=1S/C52H51F3O5S/c1-7-10-29-59-36-21-17-34(18-22-36)51(33-15-19-35(56-4)20-16-33)28-25-39-48-47(40-31-44(57-5)45(58-6)32-41(40)49(39)60-51)38-24-23-37(30-43(38)50(48,26-8-2)27-9-3)61-46-14-12-11-13-42(46)52(53,54)55/h11-25,28,30-32H,7-10,26-27,29H2,1-6H3. The average molecular weight is 845 g/mol. The summed E-state index contributed by atoms with van der Waals surface area (Å²) in [6, 6.07) is 32.2. The Kier molecular flexibility index (Phi) is 11.8. The van der Waals surface area contributed by atoms with Gasteiger partial charge < -0.3 is 23.7 Å². The molecule has 0 amide bonds. The monoisotopic (exact) mass is 844 g/mol. The van der Waals surface area contributed by atoms with E-state index in [2.05, 4.69) is 57.2 Å². The van der Waals surface area contributed by atoms with Gasteiger partial charge in [0.2, 0.25) is 0 Å². The smallest absolute Gasteiger partial charge is 0.417 e. The van der Waals surface area contributed by atoms with E-state index in [-0.39, 0.29) is 4.90 Å². The predicted molar refractivity (Wildman–Crippen MR) is 239 cm³/mol. The molecule has 61 heavy (non-hydrogen) atoms. The van der Waals surface area contributed by atoms with Crippen molar-refractivity contribution in [2.45, 2.75) is 86.3 Å². The van der Waals surface area contributed by atoms with Crippen LogP contribution in [0, 0.1) is 0 Å². The zero-order chi connectivity index (χ0) is 42.9. The molecule has 0 aromatic heterocycles. The van der Waals surface area contributed by atoms with E-state index in [1.165, 1.54) is 6.07 Å². The molecule has 8 rings (SSSR count). The van der Waals surface area contributed by atoms with Crippen LogP contribution in [0.15, 0.2) is 119 Å². The van der Waals surface area contributed by atoms with Gasteiger partial charge in [0.05, 0.1) is 33.5 Å². The van der Waals surface area contributed by atoms with Gasteiger partial charge in [0, 0.05) is 37.3 Å². The van der Waals surface area contributed by atoms with Crippen LogP contribution in [0.4, 0.5) is 13.2 Å². The van der Waals surface area contributed by atoms with E-state index in [0.29, 0.717) is 18.1 Å². The molecule has 1 atom stereocenters. The van der Waals surface area contributed by atoms with Crippen molar-refractivity contribution in [3.05, 3.63) is 143 Å². The summed E-state index contributed by atoms with van der Waals surface area (Å²) in [6.07, 6.45) is 5.37. The summed E-state index contributed by atoms with van der Waals surface area (Å²) < 4.78 is 73.8. The van der Waals surface area contributed by atoms with Crippen LogP contribution < -0.4 is 23.7 Å². The van der Waals surface area contributed by atoms with Crippen LogP contribution in [0.25, 0.3) is 28.0 Å². The molecule has 6 aromatic carbocycles. The van der Waals surface area contributed by atoms with Crippen LogP contribution in [0.1, 0.15) is 92.7 Å². The van der Waals surface area contributed by atoms with Gasteiger partial charge in [-0.1, -0.05) is 100 Å². The van der Waals surface area contributed by atoms with Crippen LogP contribution in [0.5, 0.6) is 28.7 Å². The number of hydrogen-bond donors (Lipinski definition) is 0. The summed E-state index contributed by atoms with van der Waals surface area (Å²) in [7, 11) is 4.93. The van der Waals surface area contributed by atoms with Gasteiger partial charge in [-0.15, -0.1) is 0 Å². The molecule has 6 aromatic rings. The second-order valence-electron chi connectivity index (χ2n) is 15.8. The lowest BCUT2D eigenvalue weighted by atomic mass is 9.69. The molecule has 1 aliphatic carbocycles. The number of halogens is 3. The number of benzene rings is 6. The first-order valence-electron chi connectivity index (χ1n) is 21.1. The van der Waals surface area contributed by atoms with Crippen LogP contribution >= 0.6 is 11.8 Å². The van der Waals surface area contributed by atoms with E-state index in [1.54, 1.807) is 33.5 Å². The minimum atomic E-state index is -4.47. The van der Waals surface area contributed by atoms with E-state index in [1.807, 2.05) is 54.6 Å².